The Morgan fingerprint density at radius 3 is 1.90 bits per heavy atom. The van der Waals surface area contributed by atoms with Gasteiger partial charge in [0.1, 0.15) is 0 Å². The predicted octanol–water partition coefficient (Wildman–Crippen LogP) is 6.50. The Labute approximate surface area is 131 Å². The van der Waals surface area contributed by atoms with Gasteiger partial charge in [0.05, 0.1) is 0 Å². The normalized spacial score (nSPS) is 14.8. The van der Waals surface area contributed by atoms with Crippen molar-refractivity contribution >= 4 is 0 Å². The lowest BCUT2D eigenvalue weighted by molar-refractivity contribution is 0.789. The van der Waals surface area contributed by atoms with Gasteiger partial charge in [-0.2, -0.15) is 0 Å². The SMILES string of the molecule is C=C\C=C/C=C(C=C)/C=C/C(/C=C\C(=C/C)C(C)C)=C/C. The van der Waals surface area contributed by atoms with Crippen LogP contribution in [0, 0.1) is 5.92 Å². The summed E-state index contributed by atoms with van der Waals surface area (Å²) in [6, 6.07) is 0. The first kappa shape index (κ1) is 18.9. The summed E-state index contributed by atoms with van der Waals surface area (Å²) in [7, 11) is 0. The Balaban J connectivity index is 5.00. The number of rotatable bonds is 8. The van der Waals surface area contributed by atoms with Gasteiger partial charge in [-0.25, -0.2) is 0 Å². The molecule has 0 fully saturated rings. The van der Waals surface area contributed by atoms with Gasteiger partial charge >= 0.3 is 0 Å². The fourth-order valence-corrected chi connectivity index (χ4v) is 1.69. The van der Waals surface area contributed by atoms with Crippen molar-refractivity contribution in [1.29, 1.82) is 0 Å². The molecule has 0 heteroatoms. The number of allylic oxidation sites excluding steroid dienone is 14. The van der Waals surface area contributed by atoms with E-state index in [0.29, 0.717) is 5.92 Å². The van der Waals surface area contributed by atoms with Crippen molar-refractivity contribution in [2.24, 2.45) is 5.92 Å². The van der Waals surface area contributed by atoms with Crippen LogP contribution >= 0.6 is 0 Å². The van der Waals surface area contributed by atoms with Crippen LogP contribution in [0.4, 0.5) is 0 Å². The fraction of sp³-hybridized carbons (Fsp3) is 0.238. The summed E-state index contributed by atoms with van der Waals surface area (Å²) in [5, 5.41) is 0. The van der Waals surface area contributed by atoms with Crippen LogP contribution < -0.4 is 0 Å². The standard InChI is InChI=1S/C21H28/c1-7-11-12-13-19(8-2)14-15-20(9-3)16-17-21(10-4)18(5)6/h7-18H,1-2H2,3-6H3/b12-11-,15-14+,17-16-,19-13+,20-9-,21-10+. The second kappa shape index (κ2) is 11.7. The maximum absolute atomic E-state index is 3.83. The third kappa shape index (κ3) is 8.65. The lowest BCUT2D eigenvalue weighted by Gasteiger charge is -2.04. The van der Waals surface area contributed by atoms with Crippen LogP contribution in [0.2, 0.25) is 0 Å². The van der Waals surface area contributed by atoms with Crippen LogP contribution in [0.5, 0.6) is 0 Å². The summed E-state index contributed by atoms with van der Waals surface area (Å²) in [6.07, 6.45) is 22.2. The van der Waals surface area contributed by atoms with E-state index >= 15 is 0 Å². The number of hydrogen-bond acceptors (Lipinski definition) is 0. The van der Waals surface area contributed by atoms with E-state index in [9.17, 15) is 0 Å². The Morgan fingerprint density at radius 1 is 0.810 bits per heavy atom. The minimum atomic E-state index is 0.543. The van der Waals surface area contributed by atoms with Gasteiger partial charge in [-0.1, -0.05) is 93.8 Å². The molecule has 0 amide bonds. The molecular weight excluding hydrogens is 252 g/mol. The smallest absolute Gasteiger partial charge is 0.0222 e. The van der Waals surface area contributed by atoms with E-state index in [-0.39, 0.29) is 0 Å². The molecule has 0 rings (SSSR count). The van der Waals surface area contributed by atoms with E-state index in [4.69, 9.17) is 0 Å². The first-order valence-corrected chi connectivity index (χ1v) is 7.39. The Kier molecular flexibility index (Phi) is 10.6. The van der Waals surface area contributed by atoms with Crippen LogP contribution in [-0.2, 0) is 0 Å². The van der Waals surface area contributed by atoms with Gasteiger partial charge in [0.2, 0.25) is 0 Å². The molecule has 0 heterocycles. The van der Waals surface area contributed by atoms with E-state index in [1.807, 2.05) is 31.2 Å². The molecule has 0 unspecified atom stereocenters. The largest absolute Gasteiger partial charge is 0.0991 e. The summed E-state index contributed by atoms with van der Waals surface area (Å²) >= 11 is 0. The molecule has 0 spiro atoms. The molecule has 0 atom stereocenters. The minimum absolute atomic E-state index is 0.543. The van der Waals surface area contributed by atoms with E-state index in [0.717, 1.165) is 5.57 Å². The van der Waals surface area contributed by atoms with Gasteiger partial charge in [-0.05, 0) is 36.5 Å². The molecular formula is C21H28. The molecule has 112 valence electrons. The Hall–Kier alpha value is -2.08. The zero-order valence-corrected chi connectivity index (χ0v) is 13.8. The highest BCUT2D eigenvalue weighted by molar-refractivity contribution is 5.41. The maximum atomic E-state index is 3.83. The molecule has 0 saturated heterocycles. The van der Waals surface area contributed by atoms with Crippen LogP contribution in [0.3, 0.4) is 0 Å². The molecule has 0 aromatic heterocycles. The average Bonchev–Trinajstić information content (AvgIpc) is 2.48. The quantitative estimate of drug-likeness (QED) is 0.445. The van der Waals surface area contributed by atoms with Gasteiger partial charge in [0.25, 0.3) is 0 Å². The van der Waals surface area contributed by atoms with Gasteiger partial charge in [0, 0.05) is 0 Å². The minimum Gasteiger partial charge on any atom is -0.0991 e. The van der Waals surface area contributed by atoms with Gasteiger partial charge < -0.3 is 0 Å². The topological polar surface area (TPSA) is 0 Å². The molecule has 0 aliphatic carbocycles. The second-order valence-corrected chi connectivity index (χ2v) is 4.89. The molecule has 0 saturated carbocycles. The zero-order valence-electron chi connectivity index (χ0n) is 13.8. The summed E-state index contributed by atoms with van der Waals surface area (Å²) in [4.78, 5) is 0. The molecule has 0 N–H and O–H groups in total. The first-order chi connectivity index (χ1) is 10.1. The highest BCUT2D eigenvalue weighted by Gasteiger charge is 1.96. The van der Waals surface area contributed by atoms with E-state index < -0.39 is 0 Å². The van der Waals surface area contributed by atoms with Crippen molar-refractivity contribution in [1.82, 2.24) is 0 Å². The van der Waals surface area contributed by atoms with E-state index in [1.165, 1.54) is 11.1 Å². The highest BCUT2D eigenvalue weighted by Crippen LogP contribution is 2.13. The average molecular weight is 280 g/mol. The van der Waals surface area contributed by atoms with Crippen molar-refractivity contribution in [3.8, 4) is 0 Å². The van der Waals surface area contributed by atoms with Crippen molar-refractivity contribution in [3.63, 3.8) is 0 Å². The molecule has 0 aliphatic heterocycles. The highest BCUT2D eigenvalue weighted by atomic mass is 14.0. The molecule has 0 radical (unpaired) electrons. The van der Waals surface area contributed by atoms with Crippen molar-refractivity contribution in [2.45, 2.75) is 27.7 Å². The van der Waals surface area contributed by atoms with Crippen LogP contribution in [0.15, 0.2) is 96.7 Å². The Morgan fingerprint density at radius 2 is 1.43 bits per heavy atom. The van der Waals surface area contributed by atoms with Gasteiger partial charge in [-0.3, -0.25) is 0 Å². The third-order valence-corrected chi connectivity index (χ3v) is 3.04. The fourth-order valence-electron chi connectivity index (χ4n) is 1.69. The third-order valence-electron chi connectivity index (χ3n) is 3.04. The monoisotopic (exact) mass is 280 g/mol. The van der Waals surface area contributed by atoms with Crippen molar-refractivity contribution < 1.29 is 0 Å². The van der Waals surface area contributed by atoms with Gasteiger partial charge in [0.15, 0.2) is 0 Å². The lowest BCUT2D eigenvalue weighted by atomic mass is 10.0. The Bertz CT molecular complexity index is 500. The summed E-state index contributed by atoms with van der Waals surface area (Å²) in [5.74, 6) is 0.543. The van der Waals surface area contributed by atoms with Crippen molar-refractivity contribution in [3.05, 3.63) is 96.7 Å². The summed E-state index contributed by atoms with van der Waals surface area (Å²) in [6.45, 7) is 16.0. The lowest BCUT2D eigenvalue weighted by Crippen LogP contribution is -1.89. The molecule has 21 heavy (non-hydrogen) atoms. The van der Waals surface area contributed by atoms with Crippen LogP contribution in [-0.4, -0.2) is 0 Å². The van der Waals surface area contributed by atoms with Crippen LogP contribution in [0.25, 0.3) is 0 Å². The predicted molar refractivity (Wildman–Crippen MR) is 98.2 cm³/mol. The zero-order chi connectivity index (χ0) is 16.1. The van der Waals surface area contributed by atoms with Crippen molar-refractivity contribution in [2.75, 3.05) is 0 Å². The summed E-state index contributed by atoms with van der Waals surface area (Å²) < 4.78 is 0. The maximum Gasteiger partial charge on any atom is -0.0222 e. The van der Waals surface area contributed by atoms with E-state index in [1.54, 1.807) is 6.08 Å². The van der Waals surface area contributed by atoms with Gasteiger partial charge in [-0.15, -0.1) is 0 Å². The first-order valence-electron chi connectivity index (χ1n) is 7.39. The molecule has 0 bridgehead atoms. The molecule has 0 aromatic carbocycles. The van der Waals surface area contributed by atoms with E-state index in [2.05, 4.69) is 70.4 Å². The summed E-state index contributed by atoms with van der Waals surface area (Å²) in [5.41, 5.74) is 3.59. The molecule has 0 aliphatic rings. The number of hydrogen-bond donors (Lipinski definition) is 0. The van der Waals surface area contributed by atoms with Crippen LogP contribution in [0.1, 0.15) is 27.7 Å². The second-order valence-electron chi connectivity index (χ2n) is 4.89. The molecule has 0 aromatic rings. The molecule has 0 nitrogen and oxygen atoms in total.